The molecule has 0 unspecified atom stereocenters. The molecule has 0 amide bonds. The lowest BCUT2D eigenvalue weighted by Crippen LogP contribution is -2.23. The van der Waals surface area contributed by atoms with Crippen molar-refractivity contribution in [3.8, 4) is 0 Å². The van der Waals surface area contributed by atoms with E-state index in [0.717, 1.165) is 25.1 Å². The summed E-state index contributed by atoms with van der Waals surface area (Å²) in [5, 5.41) is 3.06. The molecule has 1 aromatic carbocycles. The van der Waals surface area contributed by atoms with Gasteiger partial charge < -0.3 is 20.5 Å². The molecule has 0 aromatic heterocycles. The Morgan fingerprint density at radius 2 is 1.91 bits per heavy atom. The van der Waals surface area contributed by atoms with Gasteiger partial charge in [0.15, 0.2) is 5.96 Å². The SMILES string of the molecule is CCCCOCCOCCN=C(N)Nc1cccc(C)c1.I. The van der Waals surface area contributed by atoms with E-state index < -0.39 is 0 Å². The predicted octanol–water partition coefficient (Wildman–Crippen LogP) is 3.17. The first-order chi connectivity index (χ1) is 10.2. The average Bonchev–Trinajstić information content (AvgIpc) is 2.45. The van der Waals surface area contributed by atoms with Gasteiger partial charge in [0.05, 0.1) is 26.4 Å². The van der Waals surface area contributed by atoms with Gasteiger partial charge in [-0.15, -0.1) is 24.0 Å². The molecule has 3 N–H and O–H groups in total. The summed E-state index contributed by atoms with van der Waals surface area (Å²) >= 11 is 0. The van der Waals surface area contributed by atoms with E-state index in [-0.39, 0.29) is 24.0 Å². The van der Waals surface area contributed by atoms with Crippen molar-refractivity contribution >= 4 is 35.6 Å². The number of nitrogens with zero attached hydrogens (tertiary/aromatic N) is 1. The number of halogens is 1. The number of hydrogen-bond acceptors (Lipinski definition) is 3. The van der Waals surface area contributed by atoms with E-state index in [0.29, 0.717) is 32.3 Å². The van der Waals surface area contributed by atoms with E-state index in [4.69, 9.17) is 15.2 Å². The fraction of sp³-hybridized carbons (Fsp3) is 0.562. The van der Waals surface area contributed by atoms with E-state index in [1.165, 1.54) is 5.56 Å². The fourth-order valence-corrected chi connectivity index (χ4v) is 1.71. The van der Waals surface area contributed by atoms with E-state index in [2.05, 4.69) is 17.2 Å². The van der Waals surface area contributed by atoms with Crippen molar-refractivity contribution in [1.82, 2.24) is 0 Å². The lowest BCUT2D eigenvalue weighted by molar-refractivity contribution is 0.0498. The van der Waals surface area contributed by atoms with Gasteiger partial charge in [-0.05, 0) is 31.0 Å². The molecule has 1 rings (SSSR count). The lowest BCUT2D eigenvalue weighted by atomic mass is 10.2. The third kappa shape index (κ3) is 10.8. The van der Waals surface area contributed by atoms with E-state index in [9.17, 15) is 0 Å². The minimum absolute atomic E-state index is 0. The number of guanidine groups is 1. The third-order valence-corrected chi connectivity index (χ3v) is 2.82. The van der Waals surface area contributed by atoms with Crippen molar-refractivity contribution in [3.63, 3.8) is 0 Å². The van der Waals surface area contributed by atoms with Crippen LogP contribution in [0, 0.1) is 6.92 Å². The van der Waals surface area contributed by atoms with E-state index in [1.54, 1.807) is 0 Å². The summed E-state index contributed by atoms with van der Waals surface area (Å²) in [6.07, 6.45) is 2.26. The van der Waals surface area contributed by atoms with Gasteiger partial charge in [-0.2, -0.15) is 0 Å². The van der Waals surface area contributed by atoms with Gasteiger partial charge in [-0.3, -0.25) is 4.99 Å². The maximum atomic E-state index is 5.81. The van der Waals surface area contributed by atoms with Crippen LogP contribution in [0.5, 0.6) is 0 Å². The number of unbranched alkanes of at least 4 members (excludes halogenated alkanes) is 1. The summed E-state index contributed by atoms with van der Waals surface area (Å²) in [5.41, 5.74) is 7.94. The Balaban J connectivity index is 0.00000441. The highest BCUT2D eigenvalue weighted by Crippen LogP contribution is 2.08. The first-order valence-electron chi connectivity index (χ1n) is 7.51. The Labute approximate surface area is 150 Å². The minimum atomic E-state index is 0. The Morgan fingerprint density at radius 1 is 1.18 bits per heavy atom. The van der Waals surface area contributed by atoms with E-state index in [1.807, 2.05) is 31.2 Å². The number of aliphatic imine (C=N–C) groups is 1. The summed E-state index contributed by atoms with van der Waals surface area (Å²) in [7, 11) is 0. The van der Waals surface area contributed by atoms with Crippen LogP contribution in [0.15, 0.2) is 29.3 Å². The molecule has 0 aliphatic heterocycles. The molecule has 5 nitrogen and oxygen atoms in total. The van der Waals surface area contributed by atoms with Crippen molar-refractivity contribution in [2.45, 2.75) is 26.7 Å². The summed E-state index contributed by atoms with van der Waals surface area (Å²) < 4.78 is 10.8. The quantitative estimate of drug-likeness (QED) is 0.264. The van der Waals surface area contributed by atoms with Crippen molar-refractivity contribution in [1.29, 1.82) is 0 Å². The molecule has 0 spiro atoms. The van der Waals surface area contributed by atoms with Crippen molar-refractivity contribution in [3.05, 3.63) is 29.8 Å². The summed E-state index contributed by atoms with van der Waals surface area (Å²) in [6, 6.07) is 7.99. The largest absolute Gasteiger partial charge is 0.379 e. The topological polar surface area (TPSA) is 68.9 Å². The fourth-order valence-electron chi connectivity index (χ4n) is 1.71. The second-order valence-corrected chi connectivity index (χ2v) is 4.84. The van der Waals surface area contributed by atoms with E-state index >= 15 is 0 Å². The molecule has 1 aromatic rings. The third-order valence-electron chi connectivity index (χ3n) is 2.82. The normalized spacial score (nSPS) is 11.1. The number of rotatable bonds is 10. The first kappa shape index (κ1) is 21.1. The molecule has 6 heteroatoms. The zero-order chi connectivity index (χ0) is 15.3. The number of nitrogens with two attached hydrogens (primary N) is 1. The summed E-state index contributed by atoms with van der Waals surface area (Å²) in [4.78, 5) is 4.21. The Morgan fingerprint density at radius 3 is 2.59 bits per heavy atom. The van der Waals surface area contributed by atoms with Gasteiger partial charge in [0.25, 0.3) is 0 Å². The number of benzene rings is 1. The summed E-state index contributed by atoms with van der Waals surface area (Å²) in [5.74, 6) is 0.406. The second-order valence-electron chi connectivity index (χ2n) is 4.84. The van der Waals surface area contributed by atoms with Crippen LogP contribution < -0.4 is 11.1 Å². The van der Waals surface area contributed by atoms with Gasteiger partial charge in [-0.25, -0.2) is 0 Å². The molecule has 126 valence electrons. The predicted molar refractivity (Wildman–Crippen MR) is 103 cm³/mol. The molecule has 0 aliphatic carbocycles. The molecule has 22 heavy (non-hydrogen) atoms. The Kier molecular flexibility index (Phi) is 13.2. The maximum absolute atomic E-state index is 5.81. The number of hydrogen-bond donors (Lipinski definition) is 2. The van der Waals surface area contributed by atoms with Crippen LogP contribution in [0.2, 0.25) is 0 Å². The van der Waals surface area contributed by atoms with Crippen molar-refractivity contribution in [2.24, 2.45) is 10.7 Å². The highest BCUT2D eigenvalue weighted by Gasteiger charge is 1.95. The first-order valence-corrected chi connectivity index (χ1v) is 7.51. The van der Waals surface area contributed by atoms with Crippen LogP contribution in [-0.4, -0.2) is 38.9 Å². The van der Waals surface area contributed by atoms with Crippen molar-refractivity contribution in [2.75, 3.05) is 38.3 Å². The minimum Gasteiger partial charge on any atom is -0.379 e. The smallest absolute Gasteiger partial charge is 0.193 e. The molecule has 0 saturated carbocycles. The van der Waals surface area contributed by atoms with Crippen molar-refractivity contribution < 1.29 is 9.47 Å². The van der Waals surface area contributed by atoms with Crippen LogP contribution in [-0.2, 0) is 9.47 Å². The van der Waals surface area contributed by atoms with Crippen LogP contribution in [0.1, 0.15) is 25.3 Å². The van der Waals surface area contributed by atoms with Gasteiger partial charge in [-0.1, -0.05) is 25.5 Å². The Bertz CT molecular complexity index is 428. The standard InChI is InChI=1S/C16H27N3O2.HI/c1-3-4-9-20-11-12-21-10-8-18-16(17)19-15-7-5-6-14(2)13-15;/h5-7,13H,3-4,8-12H2,1-2H3,(H3,17,18,19);1H. The molecule has 0 atom stereocenters. The molecular weight excluding hydrogens is 393 g/mol. The molecule has 0 fully saturated rings. The monoisotopic (exact) mass is 421 g/mol. The Hall–Kier alpha value is -0.860. The highest BCUT2D eigenvalue weighted by molar-refractivity contribution is 14.0. The number of anilines is 1. The number of aryl methyl sites for hydroxylation is 1. The summed E-state index contributed by atoms with van der Waals surface area (Å²) in [6.45, 7) is 7.32. The van der Waals surface area contributed by atoms with Gasteiger partial charge in [0, 0.05) is 12.3 Å². The molecular formula is C16H28IN3O2. The maximum Gasteiger partial charge on any atom is 0.193 e. The van der Waals surface area contributed by atoms with Crippen LogP contribution in [0.4, 0.5) is 5.69 Å². The number of ether oxygens (including phenoxy) is 2. The zero-order valence-electron chi connectivity index (χ0n) is 13.5. The van der Waals surface area contributed by atoms with Gasteiger partial charge in [0.2, 0.25) is 0 Å². The lowest BCUT2D eigenvalue weighted by Gasteiger charge is -2.07. The zero-order valence-corrected chi connectivity index (χ0v) is 15.8. The van der Waals surface area contributed by atoms with Crippen LogP contribution >= 0.6 is 24.0 Å². The second kappa shape index (κ2) is 13.8. The average molecular weight is 421 g/mol. The molecule has 0 heterocycles. The highest BCUT2D eigenvalue weighted by atomic mass is 127. The van der Waals surface area contributed by atoms with Crippen LogP contribution in [0.25, 0.3) is 0 Å². The van der Waals surface area contributed by atoms with Crippen LogP contribution in [0.3, 0.4) is 0 Å². The molecule has 0 aliphatic rings. The van der Waals surface area contributed by atoms with Gasteiger partial charge in [0.1, 0.15) is 0 Å². The molecule has 0 saturated heterocycles. The number of nitrogens with one attached hydrogen (secondary N) is 1. The molecule has 0 radical (unpaired) electrons. The van der Waals surface area contributed by atoms with Gasteiger partial charge >= 0.3 is 0 Å². The molecule has 0 bridgehead atoms.